The molecule has 0 atom stereocenters. The fraction of sp³-hybridized carbons (Fsp3) is 0.167. The summed E-state index contributed by atoms with van der Waals surface area (Å²) < 4.78 is 10.6. The molecule has 2 aromatic rings. The fourth-order valence-corrected chi connectivity index (χ4v) is 2.34. The Morgan fingerprint density at radius 2 is 1.76 bits per heavy atom. The van der Waals surface area contributed by atoms with E-state index in [9.17, 15) is 14.4 Å². The van der Waals surface area contributed by atoms with E-state index >= 15 is 0 Å². The van der Waals surface area contributed by atoms with Crippen LogP contribution in [0.5, 0.6) is 5.75 Å². The molecule has 0 spiro atoms. The van der Waals surface area contributed by atoms with Crippen LogP contribution < -0.4 is 10.1 Å². The summed E-state index contributed by atoms with van der Waals surface area (Å²) in [6.45, 7) is -0.709. The van der Waals surface area contributed by atoms with Crippen molar-refractivity contribution in [1.29, 1.82) is 0 Å². The number of nitrogens with one attached hydrogen (secondary N) is 1. The molecule has 0 heterocycles. The van der Waals surface area contributed by atoms with E-state index in [-0.39, 0.29) is 12.3 Å². The lowest BCUT2D eigenvalue weighted by molar-refractivity contribution is -0.141. The molecule has 2 aromatic carbocycles. The highest BCUT2D eigenvalue weighted by Crippen LogP contribution is 2.12. The number of ether oxygens (including phenoxy) is 2. The van der Waals surface area contributed by atoms with Gasteiger partial charge in [-0.3, -0.25) is 14.4 Å². The maximum atomic E-state index is 11.9. The molecule has 0 unspecified atom stereocenters. The van der Waals surface area contributed by atoms with Gasteiger partial charge < -0.3 is 14.8 Å². The minimum atomic E-state index is -0.690. The number of ketones is 1. The predicted octanol–water partition coefficient (Wildman–Crippen LogP) is 2.61. The summed E-state index contributed by atoms with van der Waals surface area (Å²) in [5.74, 6) is -0.803. The van der Waals surface area contributed by atoms with Gasteiger partial charge in [-0.05, 0) is 42.5 Å². The van der Waals surface area contributed by atoms with Crippen LogP contribution in [0.15, 0.2) is 53.0 Å². The molecule has 0 fully saturated rings. The van der Waals surface area contributed by atoms with Crippen LogP contribution >= 0.6 is 15.9 Å². The molecule has 0 saturated heterocycles. The summed E-state index contributed by atoms with van der Waals surface area (Å²) in [5.41, 5.74) is 0.822. The summed E-state index contributed by atoms with van der Waals surface area (Å²) in [4.78, 5) is 35.5. The number of amides is 1. The Morgan fingerprint density at radius 3 is 2.40 bits per heavy atom. The van der Waals surface area contributed by atoms with Crippen molar-refractivity contribution >= 4 is 33.6 Å². The second kappa shape index (κ2) is 8.98. The molecule has 25 heavy (non-hydrogen) atoms. The molecular formula is C18H16BrNO5. The van der Waals surface area contributed by atoms with E-state index in [1.807, 2.05) is 0 Å². The third kappa shape index (κ3) is 5.72. The first-order chi connectivity index (χ1) is 12.0. The van der Waals surface area contributed by atoms with Crippen molar-refractivity contribution in [1.82, 2.24) is 5.32 Å². The van der Waals surface area contributed by atoms with Crippen LogP contribution in [0, 0.1) is 0 Å². The predicted molar refractivity (Wildman–Crippen MR) is 94.8 cm³/mol. The number of esters is 1. The Morgan fingerprint density at radius 1 is 1.04 bits per heavy atom. The summed E-state index contributed by atoms with van der Waals surface area (Å²) >= 11 is 3.27. The largest absolute Gasteiger partial charge is 0.497 e. The third-order valence-electron chi connectivity index (χ3n) is 3.26. The fourth-order valence-electron chi connectivity index (χ4n) is 1.94. The van der Waals surface area contributed by atoms with Crippen LogP contribution in [-0.4, -0.2) is 37.9 Å². The molecule has 0 aliphatic carbocycles. The van der Waals surface area contributed by atoms with Gasteiger partial charge in [0.25, 0.3) is 5.91 Å². The van der Waals surface area contributed by atoms with Crippen LogP contribution in [0.4, 0.5) is 0 Å². The van der Waals surface area contributed by atoms with Gasteiger partial charge >= 0.3 is 5.97 Å². The first kappa shape index (κ1) is 18.7. The molecule has 2 rings (SSSR count). The Hall–Kier alpha value is -2.67. The van der Waals surface area contributed by atoms with Gasteiger partial charge in [-0.25, -0.2) is 0 Å². The van der Waals surface area contributed by atoms with E-state index in [0.717, 1.165) is 4.47 Å². The number of methoxy groups -OCH3 is 1. The zero-order valence-corrected chi connectivity index (χ0v) is 15.0. The summed E-state index contributed by atoms with van der Waals surface area (Å²) in [7, 11) is 1.53. The van der Waals surface area contributed by atoms with Crippen molar-refractivity contribution in [2.45, 2.75) is 0 Å². The molecule has 0 aromatic heterocycles. The van der Waals surface area contributed by atoms with Crippen LogP contribution in [0.25, 0.3) is 0 Å². The molecule has 1 N–H and O–H groups in total. The maximum Gasteiger partial charge on any atom is 0.325 e. The Balaban J connectivity index is 1.78. The van der Waals surface area contributed by atoms with E-state index in [4.69, 9.17) is 9.47 Å². The van der Waals surface area contributed by atoms with Gasteiger partial charge in [-0.1, -0.05) is 22.0 Å². The van der Waals surface area contributed by atoms with Crippen LogP contribution in [0.1, 0.15) is 20.7 Å². The normalized spacial score (nSPS) is 10.0. The van der Waals surface area contributed by atoms with Gasteiger partial charge in [0.1, 0.15) is 12.3 Å². The van der Waals surface area contributed by atoms with E-state index in [1.165, 1.54) is 7.11 Å². The zero-order chi connectivity index (χ0) is 18.2. The number of carbonyl (C=O) groups is 3. The summed E-state index contributed by atoms with van der Waals surface area (Å²) in [6.07, 6.45) is 0. The van der Waals surface area contributed by atoms with Gasteiger partial charge in [-0.2, -0.15) is 0 Å². The van der Waals surface area contributed by atoms with Gasteiger partial charge in [0, 0.05) is 15.6 Å². The average Bonchev–Trinajstić information content (AvgIpc) is 2.64. The minimum Gasteiger partial charge on any atom is -0.497 e. The first-order valence-electron chi connectivity index (χ1n) is 7.36. The van der Waals surface area contributed by atoms with Gasteiger partial charge in [0.2, 0.25) is 0 Å². The number of rotatable bonds is 7. The number of hydrogen-bond acceptors (Lipinski definition) is 5. The first-order valence-corrected chi connectivity index (χ1v) is 8.15. The highest BCUT2D eigenvalue weighted by molar-refractivity contribution is 9.10. The topological polar surface area (TPSA) is 81.7 Å². The maximum absolute atomic E-state index is 11.9. The van der Waals surface area contributed by atoms with Crippen molar-refractivity contribution < 1.29 is 23.9 Å². The molecule has 0 radical (unpaired) electrons. The standard InChI is InChI=1S/C18H16BrNO5/c1-24-15-7-5-12(6-8-15)16(21)11-25-17(22)10-20-18(23)13-3-2-4-14(19)9-13/h2-9H,10-11H2,1H3,(H,20,23). The molecule has 0 saturated carbocycles. The lowest BCUT2D eigenvalue weighted by Gasteiger charge is -2.07. The SMILES string of the molecule is COc1ccc(C(=O)COC(=O)CNC(=O)c2cccc(Br)c2)cc1. The lowest BCUT2D eigenvalue weighted by Crippen LogP contribution is -2.31. The minimum absolute atomic E-state index is 0.318. The molecule has 7 heteroatoms. The molecule has 130 valence electrons. The lowest BCUT2D eigenvalue weighted by atomic mass is 10.1. The van der Waals surface area contributed by atoms with Crippen molar-refractivity contribution in [2.24, 2.45) is 0 Å². The smallest absolute Gasteiger partial charge is 0.325 e. The Bertz CT molecular complexity index is 773. The Labute approximate surface area is 153 Å². The molecule has 0 aliphatic heterocycles. The Kier molecular flexibility index (Phi) is 6.71. The molecule has 6 nitrogen and oxygen atoms in total. The molecule has 0 bridgehead atoms. The second-order valence-electron chi connectivity index (χ2n) is 5.01. The van der Waals surface area contributed by atoms with Crippen molar-refractivity contribution in [2.75, 3.05) is 20.3 Å². The van der Waals surface area contributed by atoms with E-state index in [2.05, 4.69) is 21.2 Å². The van der Waals surface area contributed by atoms with Gasteiger partial charge in [0.15, 0.2) is 12.4 Å². The quantitative estimate of drug-likeness (QED) is 0.565. The number of hydrogen-bond donors (Lipinski definition) is 1. The molecular weight excluding hydrogens is 390 g/mol. The summed E-state index contributed by atoms with van der Waals surface area (Å²) in [5, 5.41) is 2.44. The number of Topliss-reactive ketones (excluding diaryl/α,β-unsaturated/α-hetero) is 1. The van der Waals surface area contributed by atoms with E-state index < -0.39 is 18.5 Å². The number of benzene rings is 2. The molecule has 0 aliphatic rings. The zero-order valence-electron chi connectivity index (χ0n) is 13.5. The van der Waals surface area contributed by atoms with Gasteiger partial charge in [-0.15, -0.1) is 0 Å². The molecule has 1 amide bonds. The third-order valence-corrected chi connectivity index (χ3v) is 3.75. The van der Waals surface area contributed by atoms with Crippen molar-refractivity contribution in [3.63, 3.8) is 0 Å². The number of carbonyl (C=O) groups excluding carboxylic acids is 3. The highest BCUT2D eigenvalue weighted by Gasteiger charge is 2.12. The second-order valence-corrected chi connectivity index (χ2v) is 5.92. The van der Waals surface area contributed by atoms with Crippen molar-refractivity contribution in [3.8, 4) is 5.75 Å². The van der Waals surface area contributed by atoms with Crippen molar-refractivity contribution in [3.05, 3.63) is 64.1 Å². The van der Waals surface area contributed by atoms with Gasteiger partial charge in [0.05, 0.1) is 7.11 Å². The van der Waals surface area contributed by atoms with E-state index in [1.54, 1.807) is 48.5 Å². The monoisotopic (exact) mass is 405 g/mol. The number of halogens is 1. The average molecular weight is 406 g/mol. The van der Waals surface area contributed by atoms with Crippen LogP contribution in [-0.2, 0) is 9.53 Å². The van der Waals surface area contributed by atoms with E-state index in [0.29, 0.717) is 16.9 Å². The highest BCUT2D eigenvalue weighted by atomic mass is 79.9. The van der Waals surface area contributed by atoms with Crippen LogP contribution in [0.3, 0.4) is 0 Å². The summed E-state index contributed by atoms with van der Waals surface area (Å²) in [6, 6.07) is 13.2. The van der Waals surface area contributed by atoms with Crippen LogP contribution in [0.2, 0.25) is 0 Å².